The van der Waals surface area contributed by atoms with Crippen molar-refractivity contribution in [3.63, 3.8) is 0 Å². The fourth-order valence-electron chi connectivity index (χ4n) is 2.78. The van der Waals surface area contributed by atoms with Gasteiger partial charge >= 0.3 is 0 Å². The molecule has 0 saturated carbocycles. The van der Waals surface area contributed by atoms with E-state index in [0.717, 1.165) is 43.2 Å². The van der Waals surface area contributed by atoms with Crippen molar-refractivity contribution in [2.45, 2.75) is 6.04 Å². The largest absolute Gasteiger partial charge is 0.493 e. The Balaban J connectivity index is 2.27. The number of methoxy groups -OCH3 is 2. The zero-order chi connectivity index (χ0) is 14.5. The van der Waals surface area contributed by atoms with E-state index in [4.69, 9.17) is 15.2 Å². The summed E-state index contributed by atoms with van der Waals surface area (Å²) in [6.07, 6.45) is 0. The summed E-state index contributed by atoms with van der Waals surface area (Å²) in [7, 11) is 5.49. The minimum atomic E-state index is 0.175. The van der Waals surface area contributed by atoms with Crippen molar-refractivity contribution in [2.75, 3.05) is 54.0 Å². The van der Waals surface area contributed by atoms with Crippen molar-refractivity contribution in [1.29, 1.82) is 0 Å². The Morgan fingerprint density at radius 3 is 2.40 bits per heavy atom. The Morgan fingerprint density at radius 1 is 1.15 bits per heavy atom. The zero-order valence-electron chi connectivity index (χ0n) is 12.6. The number of hydrogen-bond acceptors (Lipinski definition) is 5. The molecule has 1 fully saturated rings. The quantitative estimate of drug-likeness (QED) is 0.870. The van der Waals surface area contributed by atoms with Gasteiger partial charge in [-0.1, -0.05) is 12.1 Å². The fraction of sp³-hybridized carbons (Fsp3) is 0.600. The highest BCUT2D eigenvalue weighted by Crippen LogP contribution is 2.36. The molecule has 112 valence electrons. The van der Waals surface area contributed by atoms with Crippen molar-refractivity contribution in [3.8, 4) is 11.5 Å². The van der Waals surface area contributed by atoms with Gasteiger partial charge in [0.1, 0.15) is 0 Å². The summed E-state index contributed by atoms with van der Waals surface area (Å²) in [6, 6.07) is 6.17. The van der Waals surface area contributed by atoms with Crippen LogP contribution in [-0.2, 0) is 0 Å². The van der Waals surface area contributed by atoms with E-state index in [1.165, 1.54) is 0 Å². The highest BCUT2D eigenvalue weighted by Gasteiger charge is 2.26. The second kappa shape index (κ2) is 6.92. The molecule has 2 rings (SSSR count). The van der Waals surface area contributed by atoms with Crippen molar-refractivity contribution < 1.29 is 9.47 Å². The second-order valence-corrected chi connectivity index (χ2v) is 5.17. The number of likely N-dealkylation sites (N-methyl/N-ethyl adjacent to an activating group) is 1. The first-order valence-electron chi connectivity index (χ1n) is 7.04. The molecule has 5 nitrogen and oxygen atoms in total. The zero-order valence-corrected chi connectivity index (χ0v) is 12.6. The Kier molecular flexibility index (Phi) is 5.23. The fourth-order valence-corrected chi connectivity index (χ4v) is 2.78. The Bertz CT molecular complexity index is 431. The van der Waals surface area contributed by atoms with Crippen LogP contribution in [0.25, 0.3) is 0 Å². The molecule has 0 spiro atoms. The number of nitrogens with two attached hydrogens (primary N) is 1. The summed E-state index contributed by atoms with van der Waals surface area (Å²) >= 11 is 0. The van der Waals surface area contributed by atoms with E-state index < -0.39 is 0 Å². The third kappa shape index (κ3) is 3.06. The van der Waals surface area contributed by atoms with Crippen LogP contribution in [0, 0.1) is 0 Å². The summed E-state index contributed by atoms with van der Waals surface area (Å²) in [6.45, 7) is 4.77. The van der Waals surface area contributed by atoms with Gasteiger partial charge in [-0.2, -0.15) is 0 Å². The second-order valence-electron chi connectivity index (χ2n) is 5.17. The van der Waals surface area contributed by atoms with Crippen LogP contribution >= 0.6 is 0 Å². The molecule has 0 radical (unpaired) electrons. The van der Waals surface area contributed by atoms with Crippen molar-refractivity contribution in [3.05, 3.63) is 23.8 Å². The van der Waals surface area contributed by atoms with Crippen LogP contribution in [-0.4, -0.2) is 63.8 Å². The Hall–Kier alpha value is -1.30. The molecule has 0 bridgehead atoms. The molecule has 1 unspecified atom stereocenters. The first-order valence-corrected chi connectivity index (χ1v) is 7.04. The van der Waals surface area contributed by atoms with Gasteiger partial charge in [-0.3, -0.25) is 4.90 Å². The van der Waals surface area contributed by atoms with E-state index in [0.29, 0.717) is 6.54 Å². The van der Waals surface area contributed by atoms with Gasteiger partial charge < -0.3 is 20.1 Å². The van der Waals surface area contributed by atoms with E-state index in [9.17, 15) is 0 Å². The number of ether oxygens (including phenoxy) is 2. The third-order valence-corrected chi connectivity index (χ3v) is 3.99. The minimum Gasteiger partial charge on any atom is -0.493 e. The number of piperazine rings is 1. The van der Waals surface area contributed by atoms with E-state index in [-0.39, 0.29) is 6.04 Å². The lowest BCUT2D eigenvalue weighted by Crippen LogP contribution is -2.47. The number of benzene rings is 1. The van der Waals surface area contributed by atoms with Gasteiger partial charge in [0.2, 0.25) is 0 Å². The highest BCUT2D eigenvalue weighted by atomic mass is 16.5. The van der Waals surface area contributed by atoms with Gasteiger partial charge in [0, 0.05) is 38.3 Å². The number of rotatable bonds is 5. The molecule has 0 amide bonds. The van der Waals surface area contributed by atoms with Crippen LogP contribution in [0.4, 0.5) is 0 Å². The van der Waals surface area contributed by atoms with Gasteiger partial charge in [0.15, 0.2) is 11.5 Å². The monoisotopic (exact) mass is 279 g/mol. The van der Waals surface area contributed by atoms with Gasteiger partial charge in [-0.15, -0.1) is 0 Å². The Labute approximate surface area is 121 Å². The maximum absolute atomic E-state index is 6.03. The number of nitrogens with zero attached hydrogens (tertiary/aromatic N) is 2. The molecule has 20 heavy (non-hydrogen) atoms. The lowest BCUT2D eigenvalue weighted by Gasteiger charge is -2.38. The molecule has 1 aromatic carbocycles. The highest BCUT2D eigenvalue weighted by molar-refractivity contribution is 5.48. The topological polar surface area (TPSA) is 51.0 Å². The van der Waals surface area contributed by atoms with Crippen LogP contribution in [0.5, 0.6) is 11.5 Å². The van der Waals surface area contributed by atoms with Gasteiger partial charge in [-0.25, -0.2) is 0 Å². The van der Waals surface area contributed by atoms with Gasteiger partial charge in [0.25, 0.3) is 0 Å². The van der Waals surface area contributed by atoms with Crippen LogP contribution in [0.3, 0.4) is 0 Å². The van der Waals surface area contributed by atoms with Crippen LogP contribution in [0.1, 0.15) is 11.6 Å². The normalized spacial score (nSPS) is 18.8. The summed E-state index contributed by atoms with van der Waals surface area (Å²) in [5, 5.41) is 0. The van der Waals surface area contributed by atoms with Crippen LogP contribution in [0.2, 0.25) is 0 Å². The predicted octanol–water partition coefficient (Wildman–Crippen LogP) is 0.951. The SMILES string of the molecule is COc1cccc(C(CN)N2CCN(C)CC2)c1OC. The molecular formula is C15H25N3O2. The number of hydrogen-bond donors (Lipinski definition) is 1. The predicted molar refractivity (Wildman–Crippen MR) is 80.4 cm³/mol. The molecule has 1 aliphatic rings. The average molecular weight is 279 g/mol. The van der Waals surface area contributed by atoms with Crippen LogP contribution < -0.4 is 15.2 Å². The molecule has 0 aromatic heterocycles. The first-order chi connectivity index (χ1) is 9.71. The van der Waals surface area contributed by atoms with Crippen molar-refractivity contribution in [2.24, 2.45) is 5.73 Å². The summed E-state index contributed by atoms with van der Waals surface area (Å²) < 4.78 is 10.9. The molecule has 1 aromatic rings. The van der Waals surface area contributed by atoms with Crippen molar-refractivity contribution >= 4 is 0 Å². The third-order valence-electron chi connectivity index (χ3n) is 3.99. The molecule has 1 saturated heterocycles. The van der Waals surface area contributed by atoms with E-state index >= 15 is 0 Å². The average Bonchev–Trinajstić information content (AvgIpc) is 2.49. The van der Waals surface area contributed by atoms with E-state index in [2.05, 4.69) is 22.9 Å². The molecule has 0 aliphatic carbocycles. The molecule has 2 N–H and O–H groups in total. The molecule has 5 heteroatoms. The molecule has 1 heterocycles. The molecule has 1 aliphatic heterocycles. The Morgan fingerprint density at radius 2 is 1.85 bits per heavy atom. The minimum absolute atomic E-state index is 0.175. The maximum Gasteiger partial charge on any atom is 0.165 e. The van der Waals surface area contributed by atoms with E-state index in [1.807, 2.05) is 12.1 Å². The summed E-state index contributed by atoms with van der Waals surface area (Å²) in [5.74, 6) is 1.56. The van der Waals surface area contributed by atoms with Gasteiger partial charge in [-0.05, 0) is 13.1 Å². The first kappa shape index (κ1) is 15.1. The summed E-state index contributed by atoms with van der Waals surface area (Å²) in [4.78, 5) is 4.77. The summed E-state index contributed by atoms with van der Waals surface area (Å²) in [5.41, 5.74) is 7.14. The maximum atomic E-state index is 6.03. The van der Waals surface area contributed by atoms with Crippen LogP contribution in [0.15, 0.2) is 18.2 Å². The number of para-hydroxylation sites is 1. The van der Waals surface area contributed by atoms with Crippen molar-refractivity contribution in [1.82, 2.24) is 9.80 Å². The molecular weight excluding hydrogens is 254 g/mol. The standard InChI is InChI=1S/C15H25N3O2/c1-17-7-9-18(10-8-17)13(11-16)12-5-4-6-14(19-2)15(12)20-3/h4-6,13H,7-11,16H2,1-3H3. The smallest absolute Gasteiger partial charge is 0.165 e. The molecule has 1 atom stereocenters. The van der Waals surface area contributed by atoms with Gasteiger partial charge in [0.05, 0.1) is 20.3 Å². The lowest BCUT2D eigenvalue weighted by atomic mass is 10.0. The lowest BCUT2D eigenvalue weighted by molar-refractivity contribution is 0.113. The van der Waals surface area contributed by atoms with E-state index in [1.54, 1.807) is 14.2 Å².